The molecule has 1 aliphatic rings. The first-order chi connectivity index (χ1) is 11.1. The third-order valence-corrected chi connectivity index (χ3v) is 3.77. The highest BCUT2D eigenvalue weighted by molar-refractivity contribution is 5.95. The van der Waals surface area contributed by atoms with Crippen molar-refractivity contribution in [1.82, 2.24) is 15.2 Å². The summed E-state index contributed by atoms with van der Waals surface area (Å²) < 4.78 is 11.4. The fourth-order valence-corrected chi connectivity index (χ4v) is 2.39. The molecule has 1 fully saturated rings. The van der Waals surface area contributed by atoms with Crippen LogP contribution in [0.1, 0.15) is 16.8 Å². The van der Waals surface area contributed by atoms with Gasteiger partial charge in [0.25, 0.3) is 5.91 Å². The zero-order valence-electron chi connectivity index (χ0n) is 14.0. The Bertz CT molecular complexity index is 510. The van der Waals surface area contributed by atoms with E-state index in [1.807, 2.05) is 14.1 Å². The molecule has 0 unspecified atom stereocenters. The molecule has 0 aromatic carbocycles. The van der Waals surface area contributed by atoms with Gasteiger partial charge < -0.3 is 25.0 Å². The molecular formula is C16H26N4O3. The first-order valence-electron chi connectivity index (χ1n) is 7.89. The van der Waals surface area contributed by atoms with Gasteiger partial charge in [0.15, 0.2) is 0 Å². The number of hydrogen-bond donors (Lipinski definition) is 2. The number of ether oxygens (including phenoxy) is 2. The Morgan fingerprint density at radius 3 is 3.09 bits per heavy atom. The summed E-state index contributed by atoms with van der Waals surface area (Å²) in [5.41, 5.74) is 0.586. The van der Waals surface area contributed by atoms with Gasteiger partial charge in [-0.3, -0.25) is 4.79 Å². The molecule has 7 nitrogen and oxygen atoms in total. The van der Waals surface area contributed by atoms with Crippen LogP contribution < -0.4 is 10.6 Å². The summed E-state index contributed by atoms with van der Waals surface area (Å²) in [7, 11) is 5.78. The van der Waals surface area contributed by atoms with Crippen molar-refractivity contribution < 1.29 is 14.3 Å². The Morgan fingerprint density at radius 1 is 1.52 bits per heavy atom. The molecule has 1 amide bonds. The van der Waals surface area contributed by atoms with Crippen LogP contribution >= 0.6 is 0 Å². The standard InChI is InChI=1S/C16H26N4O3/c1-17-15-10-12(4-6-18-15)16(21)19-13-5-8-22-11-14(13)23-9-7-20(2)3/h4,6,10,13-14H,5,7-9,11H2,1-3H3,(H,17,18)(H,19,21)/t13-,14-/m1/s1. The second kappa shape index (κ2) is 8.81. The highest BCUT2D eigenvalue weighted by Gasteiger charge is 2.28. The molecule has 2 heterocycles. The summed E-state index contributed by atoms with van der Waals surface area (Å²) in [6, 6.07) is 3.40. The number of rotatable bonds is 7. The van der Waals surface area contributed by atoms with Crippen LogP contribution in [0, 0.1) is 0 Å². The molecule has 7 heteroatoms. The molecule has 23 heavy (non-hydrogen) atoms. The van der Waals surface area contributed by atoms with E-state index in [-0.39, 0.29) is 18.1 Å². The topological polar surface area (TPSA) is 75.7 Å². The quantitative estimate of drug-likeness (QED) is 0.765. The lowest BCUT2D eigenvalue weighted by atomic mass is 10.1. The minimum absolute atomic E-state index is 0.0374. The van der Waals surface area contributed by atoms with Crippen molar-refractivity contribution >= 4 is 11.7 Å². The molecule has 128 valence electrons. The number of carbonyl (C=O) groups excluding carboxylic acids is 1. The molecule has 0 bridgehead atoms. The third kappa shape index (κ3) is 5.46. The van der Waals surface area contributed by atoms with E-state index in [1.165, 1.54) is 0 Å². The third-order valence-electron chi connectivity index (χ3n) is 3.77. The van der Waals surface area contributed by atoms with E-state index in [9.17, 15) is 4.79 Å². The number of hydrogen-bond acceptors (Lipinski definition) is 6. The van der Waals surface area contributed by atoms with Gasteiger partial charge in [0.2, 0.25) is 0 Å². The van der Waals surface area contributed by atoms with Crippen molar-refractivity contribution in [3.63, 3.8) is 0 Å². The normalized spacial score (nSPS) is 21.2. The SMILES string of the molecule is CNc1cc(C(=O)N[C@@H]2CCOC[C@H]2OCCN(C)C)ccn1. The van der Waals surface area contributed by atoms with Crippen LogP contribution in [0.5, 0.6) is 0 Å². The monoisotopic (exact) mass is 322 g/mol. The maximum Gasteiger partial charge on any atom is 0.251 e. The summed E-state index contributed by atoms with van der Waals surface area (Å²) in [6.07, 6.45) is 2.26. The van der Waals surface area contributed by atoms with Gasteiger partial charge in [-0.2, -0.15) is 0 Å². The summed E-state index contributed by atoms with van der Waals surface area (Å²) in [5, 5.41) is 5.99. The molecule has 0 radical (unpaired) electrons. The summed E-state index contributed by atoms with van der Waals surface area (Å²) >= 11 is 0. The van der Waals surface area contributed by atoms with E-state index >= 15 is 0 Å². The number of anilines is 1. The second-order valence-electron chi connectivity index (χ2n) is 5.84. The van der Waals surface area contributed by atoms with Crippen molar-refractivity contribution in [3.05, 3.63) is 23.9 Å². The van der Waals surface area contributed by atoms with Crippen LogP contribution in [0.3, 0.4) is 0 Å². The largest absolute Gasteiger partial charge is 0.379 e. The Hall–Kier alpha value is -1.70. The number of pyridine rings is 1. The minimum Gasteiger partial charge on any atom is -0.379 e. The van der Waals surface area contributed by atoms with Gasteiger partial charge in [0.05, 0.1) is 19.3 Å². The van der Waals surface area contributed by atoms with Crippen molar-refractivity contribution in [1.29, 1.82) is 0 Å². The molecule has 2 N–H and O–H groups in total. The number of amides is 1. The Kier molecular flexibility index (Phi) is 6.76. The van der Waals surface area contributed by atoms with Crippen LogP contribution in [0.2, 0.25) is 0 Å². The molecule has 1 aliphatic heterocycles. The van der Waals surface area contributed by atoms with Crippen LogP contribution in [0.15, 0.2) is 18.3 Å². The number of nitrogens with zero attached hydrogens (tertiary/aromatic N) is 2. The van der Waals surface area contributed by atoms with Gasteiger partial charge in [-0.15, -0.1) is 0 Å². The number of nitrogens with one attached hydrogen (secondary N) is 2. The molecule has 0 spiro atoms. The predicted molar refractivity (Wildman–Crippen MR) is 88.8 cm³/mol. The van der Waals surface area contributed by atoms with E-state index in [1.54, 1.807) is 25.4 Å². The van der Waals surface area contributed by atoms with Crippen LogP contribution in [-0.2, 0) is 9.47 Å². The summed E-state index contributed by atoms with van der Waals surface area (Å²) in [6.45, 7) is 2.60. The first kappa shape index (κ1) is 17.7. The molecule has 1 saturated heterocycles. The molecule has 0 saturated carbocycles. The van der Waals surface area contributed by atoms with Crippen LogP contribution in [0.25, 0.3) is 0 Å². The number of likely N-dealkylation sites (N-methyl/N-ethyl adjacent to an activating group) is 1. The minimum atomic E-state index is -0.114. The number of aromatic nitrogens is 1. The number of carbonyl (C=O) groups is 1. The van der Waals surface area contributed by atoms with Crippen molar-refractivity contribution in [2.24, 2.45) is 0 Å². The molecule has 1 aromatic heterocycles. The molecule has 1 aromatic rings. The average molecular weight is 322 g/mol. The zero-order chi connectivity index (χ0) is 16.7. The second-order valence-corrected chi connectivity index (χ2v) is 5.84. The lowest BCUT2D eigenvalue weighted by Crippen LogP contribution is -2.50. The fourth-order valence-electron chi connectivity index (χ4n) is 2.39. The molecule has 0 aliphatic carbocycles. The van der Waals surface area contributed by atoms with E-state index in [0.717, 1.165) is 13.0 Å². The average Bonchev–Trinajstić information content (AvgIpc) is 2.56. The van der Waals surface area contributed by atoms with E-state index < -0.39 is 0 Å². The maximum atomic E-state index is 12.4. The lowest BCUT2D eigenvalue weighted by Gasteiger charge is -2.32. The lowest BCUT2D eigenvalue weighted by molar-refractivity contribution is -0.0690. The van der Waals surface area contributed by atoms with E-state index in [2.05, 4.69) is 20.5 Å². The van der Waals surface area contributed by atoms with Gasteiger partial charge in [0, 0.05) is 32.0 Å². The van der Waals surface area contributed by atoms with Gasteiger partial charge in [-0.1, -0.05) is 0 Å². The maximum absolute atomic E-state index is 12.4. The smallest absolute Gasteiger partial charge is 0.251 e. The van der Waals surface area contributed by atoms with Crippen molar-refractivity contribution in [2.45, 2.75) is 18.6 Å². The predicted octanol–water partition coefficient (Wildman–Crippen LogP) is 0.589. The van der Waals surface area contributed by atoms with Crippen LogP contribution in [0.4, 0.5) is 5.82 Å². The molecular weight excluding hydrogens is 296 g/mol. The first-order valence-corrected chi connectivity index (χ1v) is 7.89. The summed E-state index contributed by atoms with van der Waals surface area (Å²) in [4.78, 5) is 18.6. The van der Waals surface area contributed by atoms with Gasteiger partial charge in [0.1, 0.15) is 11.9 Å². The highest BCUT2D eigenvalue weighted by atomic mass is 16.5. The Morgan fingerprint density at radius 2 is 2.35 bits per heavy atom. The van der Waals surface area contributed by atoms with Gasteiger partial charge in [-0.05, 0) is 32.6 Å². The summed E-state index contributed by atoms with van der Waals surface area (Å²) in [5.74, 6) is 0.556. The van der Waals surface area contributed by atoms with Gasteiger partial charge >= 0.3 is 0 Å². The van der Waals surface area contributed by atoms with Gasteiger partial charge in [-0.25, -0.2) is 4.98 Å². The Balaban J connectivity index is 1.93. The van der Waals surface area contributed by atoms with E-state index in [0.29, 0.717) is 31.2 Å². The van der Waals surface area contributed by atoms with Crippen molar-refractivity contribution in [2.75, 3.05) is 52.8 Å². The fraction of sp³-hybridized carbons (Fsp3) is 0.625. The Labute approximate surface area is 137 Å². The molecule has 2 atom stereocenters. The molecule has 2 rings (SSSR count). The van der Waals surface area contributed by atoms with E-state index in [4.69, 9.17) is 9.47 Å². The zero-order valence-corrected chi connectivity index (χ0v) is 14.0. The van der Waals surface area contributed by atoms with Crippen LogP contribution in [-0.4, -0.2) is 75.4 Å². The highest BCUT2D eigenvalue weighted by Crippen LogP contribution is 2.13. The van der Waals surface area contributed by atoms with Crippen molar-refractivity contribution in [3.8, 4) is 0 Å².